The molecule has 1 aliphatic heterocycles. The van der Waals surface area contributed by atoms with Crippen LogP contribution in [0, 0.1) is 11.8 Å². The van der Waals surface area contributed by atoms with E-state index in [9.17, 15) is 14.4 Å². The van der Waals surface area contributed by atoms with E-state index in [0.29, 0.717) is 5.75 Å². The van der Waals surface area contributed by atoms with Crippen molar-refractivity contribution in [1.82, 2.24) is 0 Å². The maximum Gasteiger partial charge on any atom is 0.320 e. The minimum absolute atomic E-state index is 0.00796. The lowest BCUT2D eigenvalue weighted by Gasteiger charge is -2.18. The van der Waals surface area contributed by atoms with Crippen molar-refractivity contribution in [3.8, 4) is 0 Å². The Hall–Kier alpha value is -1.04. The van der Waals surface area contributed by atoms with Crippen molar-refractivity contribution in [2.45, 2.75) is 20.3 Å². The van der Waals surface area contributed by atoms with Gasteiger partial charge in [0.2, 0.25) is 0 Å². The maximum absolute atomic E-state index is 11.7. The summed E-state index contributed by atoms with van der Waals surface area (Å²) in [6.07, 6.45) is 0.229. The molecule has 0 aromatic rings. The van der Waals surface area contributed by atoms with E-state index in [2.05, 4.69) is 0 Å². The zero-order chi connectivity index (χ0) is 12.8. The Bertz CT molecular complexity index is 297. The second-order valence-electron chi connectivity index (χ2n) is 3.63. The van der Waals surface area contributed by atoms with E-state index in [-0.39, 0.29) is 30.7 Å². The molecule has 0 aromatic carbocycles. The number of hydrogen-bond donors (Lipinski definition) is 0. The quantitative estimate of drug-likeness (QED) is 0.542. The molecule has 1 saturated heterocycles. The van der Waals surface area contributed by atoms with Gasteiger partial charge in [-0.15, -0.1) is 0 Å². The van der Waals surface area contributed by atoms with Gasteiger partial charge >= 0.3 is 11.9 Å². The smallest absolute Gasteiger partial charge is 0.320 e. The molecule has 1 heterocycles. The van der Waals surface area contributed by atoms with Gasteiger partial charge in [-0.25, -0.2) is 0 Å². The summed E-state index contributed by atoms with van der Waals surface area (Å²) in [5.41, 5.74) is 0. The van der Waals surface area contributed by atoms with Crippen LogP contribution in [0.2, 0.25) is 0 Å². The van der Waals surface area contributed by atoms with Crippen LogP contribution in [0.1, 0.15) is 20.3 Å². The summed E-state index contributed by atoms with van der Waals surface area (Å²) in [6.45, 7) is 3.77. The highest BCUT2D eigenvalue weighted by molar-refractivity contribution is 8.14. The first-order valence-electron chi connectivity index (χ1n) is 5.59. The molecular formula is C11H16O5S. The molecular weight excluding hydrogens is 244 g/mol. The lowest BCUT2D eigenvalue weighted by Crippen LogP contribution is -2.34. The Labute approximate surface area is 104 Å². The molecule has 5 nitrogen and oxygen atoms in total. The largest absolute Gasteiger partial charge is 0.465 e. The molecule has 1 aliphatic rings. The summed E-state index contributed by atoms with van der Waals surface area (Å²) in [5.74, 6) is -1.97. The summed E-state index contributed by atoms with van der Waals surface area (Å²) in [5, 5.41) is 0.00796. The third-order valence-corrected chi connectivity index (χ3v) is 3.52. The van der Waals surface area contributed by atoms with Crippen molar-refractivity contribution in [3.63, 3.8) is 0 Å². The van der Waals surface area contributed by atoms with E-state index in [0.717, 1.165) is 11.8 Å². The molecule has 0 amide bonds. The first kappa shape index (κ1) is 14.0. The fourth-order valence-corrected chi connectivity index (χ4v) is 2.73. The fourth-order valence-electron chi connectivity index (χ4n) is 1.69. The van der Waals surface area contributed by atoms with Crippen LogP contribution in [0.25, 0.3) is 0 Å². The van der Waals surface area contributed by atoms with Crippen LogP contribution in [0.3, 0.4) is 0 Å². The number of thioether (sulfide) groups is 1. The van der Waals surface area contributed by atoms with Gasteiger partial charge in [0.05, 0.1) is 13.2 Å². The first-order chi connectivity index (χ1) is 8.10. The van der Waals surface area contributed by atoms with Gasteiger partial charge in [0.1, 0.15) is 0 Å². The van der Waals surface area contributed by atoms with Crippen LogP contribution in [-0.4, -0.2) is 36.0 Å². The summed E-state index contributed by atoms with van der Waals surface area (Å²) in [6, 6.07) is 0. The van der Waals surface area contributed by atoms with E-state index in [1.165, 1.54) is 0 Å². The zero-order valence-electron chi connectivity index (χ0n) is 9.93. The highest BCUT2D eigenvalue weighted by Crippen LogP contribution is 2.32. The Balaban J connectivity index is 2.74. The van der Waals surface area contributed by atoms with Crippen molar-refractivity contribution >= 4 is 28.8 Å². The normalized spacial score (nSPS) is 19.5. The van der Waals surface area contributed by atoms with E-state index in [1.807, 2.05) is 0 Å². The Morgan fingerprint density at radius 1 is 1.29 bits per heavy atom. The van der Waals surface area contributed by atoms with Crippen LogP contribution in [0.5, 0.6) is 0 Å². The van der Waals surface area contributed by atoms with E-state index in [1.54, 1.807) is 13.8 Å². The molecule has 1 unspecified atom stereocenters. The Morgan fingerprint density at radius 3 is 2.18 bits per heavy atom. The highest BCUT2D eigenvalue weighted by Gasteiger charge is 2.41. The van der Waals surface area contributed by atoms with Gasteiger partial charge < -0.3 is 9.47 Å². The first-order valence-corrected chi connectivity index (χ1v) is 6.57. The lowest BCUT2D eigenvalue weighted by molar-refractivity contribution is -0.163. The molecule has 17 heavy (non-hydrogen) atoms. The monoisotopic (exact) mass is 260 g/mol. The van der Waals surface area contributed by atoms with E-state index < -0.39 is 17.9 Å². The average molecular weight is 260 g/mol. The SMILES string of the molecule is CCOC(=O)C(C(=O)OCC)C1CSC(=O)C1. The molecule has 1 atom stereocenters. The van der Waals surface area contributed by atoms with Crippen LogP contribution in [0.15, 0.2) is 0 Å². The molecule has 0 aliphatic carbocycles. The summed E-state index contributed by atoms with van der Waals surface area (Å²) >= 11 is 1.15. The van der Waals surface area contributed by atoms with Crippen LogP contribution in [-0.2, 0) is 23.9 Å². The number of ether oxygens (including phenoxy) is 2. The number of esters is 2. The lowest BCUT2D eigenvalue weighted by atomic mass is 9.91. The molecule has 1 rings (SSSR count). The molecule has 96 valence electrons. The van der Waals surface area contributed by atoms with Gasteiger partial charge in [-0.05, 0) is 13.8 Å². The van der Waals surface area contributed by atoms with Gasteiger partial charge in [-0.3, -0.25) is 14.4 Å². The van der Waals surface area contributed by atoms with Gasteiger partial charge in [0.25, 0.3) is 0 Å². The number of rotatable bonds is 5. The number of carbonyl (C=O) groups is 3. The molecule has 1 fully saturated rings. The predicted octanol–water partition coefficient (Wildman–Crippen LogP) is 1.01. The molecule has 0 spiro atoms. The van der Waals surface area contributed by atoms with E-state index in [4.69, 9.17) is 9.47 Å². The van der Waals surface area contributed by atoms with Crippen molar-refractivity contribution in [3.05, 3.63) is 0 Å². The van der Waals surface area contributed by atoms with Crippen molar-refractivity contribution in [2.24, 2.45) is 11.8 Å². The van der Waals surface area contributed by atoms with Gasteiger partial charge in [-0.2, -0.15) is 0 Å². The van der Waals surface area contributed by atoms with Crippen LogP contribution < -0.4 is 0 Å². The standard InChI is InChI=1S/C11H16O5S/c1-3-15-10(13)9(11(14)16-4-2)7-5-8(12)17-6-7/h7,9H,3-6H2,1-2H3. The Morgan fingerprint density at radius 2 is 1.82 bits per heavy atom. The van der Waals surface area contributed by atoms with Gasteiger partial charge in [0, 0.05) is 18.1 Å². The summed E-state index contributed by atoms with van der Waals surface area (Å²) < 4.78 is 9.72. The predicted molar refractivity (Wildman–Crippen MR) is 62.3 cm³/mol. The number of carbonyl (C=O) groups excluding carboxylic acids is 3. The van der Waals surface area contributed by atoms with Crippen molar-refractivity contribution in [2.75, 3.05) is 19.0 Å². The minimum Gasteiger partial charge on any atom is -0.465 e. The topological polar surface area (TPSA) is 69.7 Å². The van der Waals surface area contributed by atoms with E-state index >= 15 is 0 Å². The highest BCUT2D eigenvalue weighted by atomic mass is 32.2. The van der Waals surface area contributed by atoms with Crippen LogP contribution in [0.4, 0.5) is 0 Å². The summed E-state index contributed by atoms with van der Waals surface area (Å²) in [7, 11) is 0. The van der Waals surface area contributed by atoms with Gasteiger partial charge in [-0.1, -0.05) is 11.8 Å². The Kier molecular flexibility index (Phi) is 5.47. The third kappa shape index (κ3) is 3.73. The molecule has 0 radical (unpaired) electrons. The van der Waals surface area contributed by atoms with Gasteiger partial charge in [0.15, 0.2) is 11.0 Å². The molecule has 6 heteroatoms. The number of hydrogen-bond acceptors (Lipinski definition) is 6. The zero-order valence-corrected chi connectivity index (χ0v) is 10.7. The van der Waals surface area contributed by atoms with Crippen LogP contribution >= 0.6 is 11.8 Å². The third-order valence-electron chi connectivity index (χ3n) is 2.44. The summed E-state index contributed by atoms with van der Waals surface area (Å²) in [4.78, 5) is 34.6. The molecule has 0 N–H and O–H groups in total. The molecule has 0 bridgehead atoms. The molecule has 0 saturated carbocycles. The fraction of sp³-hybridized carbons (Fsp3) is 0.727. The maximum atomic E-state index is 11.7. The van der Waals surface area contributed by atoms with Crippen molar-refractivity contribution in [1.29, 1.82) is 0 Å². The van der Waals surface area contributed by atoms with Crippen molar-refractivity contribution < 1.29 is 23.9 Å². The second kappa shape index (κ2) is 6.64. The average Bonchev–Trinajstić information content (AvgIpc) is 2.66. The minimum atomic E-state index is -0.964. The molecule has 0 aromatic heterocycles. The second-order valence-corrected chi connectivity index (χ2v) is 4.71.